The van der Waals surface area contributed by atoms with Gasteiger partial charge in [0.15, 0.2) is 0 Å². The molecule has 1 saturated carbocycles. The summed E-state index contributed by atoms with van der Waals surface area (Å²) in [6, 6.07) is 9.01. The first-order valence-electron chi connectivity index (χ1n) is 6.96. The molecule has 0 unspecified atom stereocenters. The first-order valence-corrected chi connectivity index (χ1v) is 8.91. The molecule has 2 rings (SSSR count). The molecule has 1 amide bonds. The summed E-state index contributed by atoms with van der Waals surface area (Å²) in [6.45, 7) is 3.85. The van der Waals surface area contributed by atoms with Crippen molar-refractivity contribution in [1.82, 2.24) is 4.90 Å². The number of nitrogens with zero attached hydrogens (tertiary/aromatic N) is 2. The van der Waals surface area contributed by atoms with E-state index in [1.54, 1.807) is 23.1 Å². The van der Waals surface area contributed by atoms with Gasteiger partial charge in [-0.3, -0.25) is 4.79 Å². The fourth-order valence-corrected chi connectivity index (χ4v) is 3.73. The van der Waals surface area contributed by atoms with Crippen molar-refractivity contribution in [2.75, 3.05) is 6.26 Å². The van der Waals surface area contributed by atoms with Crippen molar-refractivity contribution >= 4 is 15.7 Å². The van der Waals surface area contributed by atoms with Gasteiger partial charge in [0, 0.05) is 18.8 Å². The van der Waals surface area contributed by atoms with Crippen LogP contribution >= 0.6 is 0 Å². The third kappa shape index (κ3) is 3.55. The van der Waals surface area contributed by atoms with Crippen LogP contribution < -0.4 is 0 Å². The quantitative estimate of drug-likeness (QED) is 0.773. The number of hydrogen-bond donors (Lipinski definition) is 0. The van der Waals surface area contributed by atoms with Crippen molar-refractivity contribution in [1.29, 1.82) is 5.26 Å². The predicted octanol–water partition coefficient (Wildman–Crippen LogP) is 1.65. The van der Waals surface area contributed by atoms with Crippen molar-refractivity contribution in [2.24, 2.45) is 0 Å². The fraction of sp³-hybridized carbons (Fsp3) is 0.375. The van der Waals surface area contributed by atoms with Gasteiger partial charge in [0.25, 0.3) is 0 Å². The number of carbonyl (C=O) groups is 1. The summed E-state index contributed by atoms with van der Waals surface area (Å²) in [5.74, 6) is -0.223. The molecule has 1 fully saturated rings. The van der Waals surface area contributed by atoms with Gasteiger partial charge in [-0.1, -0.05) is 18.7 Å². The Labute approximate surface area is 130 Å². The summed E-state index contributed by atoms with van der Waals surface area (Å²) in [4.78, 5) is 13.7. The van der Waals surface area contributed by atoms with E-state index in [1.807, 2.05) is 6.07 Å². The molecule has 1 aliphatic rings. The molecule has 0 spiro atoms. The highest BCUT2D eigenvalue weighted by atomic mass is 32.2. The minimum Gasteiger partial charge on any atom is -0.332 e. The largest absolute Gasteiger partial charge is 0.332 e. The van der Waals surface area contributed by atoms with E-state index < -0.39 is 9.84 Å². The van der Waals surface area contributed by atoms with Crippen LogP contribution in [0.3, 0.4) is 0 Å². The van der Waals surface area contributed by atoms with Crippen molar-refractivity contribution in [3.05, 3.63) is 48.0 Å². The van der Waals surface area contributed by atoms with Crippen molar-refractivity contribution in [3.8, 4) is 6.07 Å². The zero-order valence-corrected chi connectivity index (χ0v) is 13.2. The van der Waals surface area contributed by atoms with Crippen LogP contribution in [0.25, 0.3) is 0 Å². The van der Waals surface area contributed by atoms with Gasteiger partial charge >= 0.3 is 0 Å². The van der Waals surface area contributed by atoms with Crippen LogP contribution in [0.1, 0.15) is 24.0 Å². The van der Waals surface area contributed by atoms with Crippen molar-refractivity contribution in [2.45, 2.75) is 30.7 Å². The molecule has 1 aromatic rings. The minimum atomic E-state index is -3.06. The number of benzene rings is 1. The number of carbonyl (C=O) groups excluding carboxylic acids is 1. The van der Waals surface area contributed by atoms with Crippen LogP contribution in [0, 0.1) is 11.3 Å². The molecule has 1 aromatic carbocycles. The molecular weight excluding hydrogens is 300 g/mol. The maximum absolute atomic E-state index is 12.1. The number of nitriles is 1. The average molecular weight is 318 g/mol. The number of hydrogen-bond acceptors (Lipinski definition) is 4. The number of sulfone groups is 1. The fourth-order valence-electron chi connectivity index (χ4n) is 2.58. The topological polar surface area (TPSA) is 78.2 Å². The van der Waals surface area contributed by atoms with Crippen LogP contribution in [0.2, 0.25) is 0 Å². The second-order valence-corrected chi connectivity index (χ2v) is 7.88. The molecule has 1 aliphatic carbocycles. The van der Waals surface area contributed by atoms with E-state index in [9.17, 15) is 13.2 Å². The van der Waals surface area contributed by atoms with E-state index >= 15 is 0 Å². The van der Waals surface area contributed by atoms with Crippen molar-refractivity contribution < 1.29 is 13.2 Å². The third-order valence-corrected chi connectivity index (χ3v) is 5.58. The molecule has 0 aromatic heterocycles. The molecule has 0 heterocycles. The van der Waals surface area contributed by atoms with Crippen LogP contribution in [0.15, 0.2) is 36.9 Å². The standard InChI is InChI=1S/C16H18N2O3S/c1-3-16(19)18(14-8-15(9-14)22(2,20)21)11-13-6-4-5-12(7-13)10-17/h3-7,14-15H,1,8-9,11H2,2H3. The number of amides is 1. The van der Waals surface area contributed by atoms with E-state index in [4.69, 9.17) is 5.26 Å². The molecule has 22 heavy (non-hydrogen) atoms. The summed E-state index contributed by atoms with van der Waals surface area (Å²) in [7, 11) is -3.06. The molecule has 0 aliphatic heterocycles. The monoisotopic (exact) mass is 318 g/mol. The molecule has 6 heteroatoms. The lowest BCUT2D eigenvalue weighted by Crippen LogP contribution is -2.51. The summed E-state index contributed by atoms with van der Waals surface area (Å²) < 4.78 is 23.0. The van der Waals surface area contributed by atoms with Crippen LogP contribution in [-0.4, -0.2) is 36.8 Å². The van der Waals surface area contributed by atoms with E-state index in [2.05, 4.69) is 12.6 Å². The highest BCUT2D eigenvalue weighted by molar-refractivity contribution is 7.91. The average Bonchev–Trinajstić information content (AvgIpc) is 2.42. The van der Waals surface area contributed by atoms with Crippen LogP contribution in [-0.2, 0) is 21.2 Å². The summed E-state index contributed by atoms with van der Waals surface area (Å²) >= 11 is 0. The summed E-state index contributed by atoms with van der Waals surface area (Å²) in [5.41, 5.74) is 1.38. The zero-order valence-electron chi connectivity index (χ0n) is 12.4. The van der Waals surface area contributed by atoms with E-state index in [-0.39, 0.29) is 17.2 Å². The lowest BCUT2D eigenvalue weighted by atomic mass is 9.90. The van der Waals surface area contributed by atoms with Gasteiger partial charge < -0.3 is 4.90 Å². The van der Waals surface area contributed by atoms with Gasteiger partial charge in [0.2, 0.25) is 5.91 Å². The lowest BCUT2D eigenvalue weighted by Gasteiger charge is -2.41. The highest BCUT2D eigenvalue weighted by Crippen LogP contribution is 2.32. The summed E-state index contributed by atoms with van der Waals surface area (Å²) in [6.07, 6.45) is 3.37. The SMILES string of the molecule is C=CC(=O)N(Cc1cccc(C#N)c1)C1CC(S(C)(=O)=O)C1. The van der Waals surface area contributed by atoms with Gasteiger partial charge in [-0.25, -0.2) is 8.42 Å². The van der Waals surface area contributed by atoms with Gasteiger partial charge in [-0.15, -0.1) is 0 Å². The Balaban J connectivity index is 2.13. The van der Waals surface area contributed by atoms with Gasteiger partial charge in [0.05, 0.1) is 16.9 Å². The Kier molecular flexibility index (Phi) is 4.67. The maximum atomic E-state index is 12.1. The maximum Gasteiger partial charge on any atom is 0.246 e. The van der Waals surface area contributed by atoms with E-state index in [0.717, 1.165) is 5.56 Å². The first kappa shape index (κ1) is 16.2. The Bertz CT molecular complexity index is 728. The highest BCUT2D eigenvalue weighted by Gasteiger charge is 2.40. The normalized spacial score (nSPS) is 20.5. The molecule has 0 N–H and O–H groups in total. The van der Waals surface area contributed by atoms with Gasteiger partial charge in [0.1, 0.15) is 9.84 Å². The molecule has 116 valence electrons. The molecule has 0 radical (unpaired) electrons. The van der Waals surface area contributed by atoms with E-state index in [1.165, 1.54) is 12.3 Å². The van der Waals surface area contributed by atoms with Crippen molar-refractivity contribution in [3.63, 3.8) is 0 Å². The van der Waals surface area contributed by atoms with Crippen LogP contribution in [0.5, 0.6) is 0 Å². The minimum absolute atomic E-state index is 0.101. The van der Waals surface area contributed by atoms with Gasteiger partial charge in [-0.05, 0) is 36.6 Å². The number of rotatable bonds is 5. The first-order chi connectivity index (χ1) is 10.3. The Morgan fingerprint density at radius 1 is 1.50 bits per heavy atom. The third-order valence-electron chi connectivity index (χ3n) is 3.98. The predicted molar refractivity (Wildman–Crippen MR) is 83.6 cm³/mol. The van der Waals surface area contributed by atoms with Crippen LogP contribution in [0.4, 0.5) is 0 Å². The zero-order chi connectivity index (χ0) is 16.3. The second kappa shape index (κ2) is 6.32. The molecule has 5 nitrogen and oxygen atoms in total. The Morgan fingerprint density at radius 3 is 2.73 bits per heavy atom. The second-order valence-electron chi connectivity index (χ2n) is 5.56. The molecule has 0 bridgehead atoms. The molecule has 0 saturated heterocycles. The Hall–Kier alpha value is -2.13. The Morgan fingerprint density at radius 2 is 2.18 bits per heavy atom. The molecule has 0 atom stereocenters. The summed E-state index contributed by atoms with van der Waals surface area (Å²) in [5, 5.41) is 8.56. The molecular formula is C16H18N2O3S. The smallest absolute Gasteiger partial charge is 0.246 e. The lowest BCUT2D eigenvalue weighted by molar-refractivity contribution is -0.130. The van der Waals surface area contributed by atoms with Gasteiger partial charge in [-0.2, -0.15) is 5.26 Å². The van der Waals surface area contributed by atoms with E-state index in [0.29, 0.717) is 24.9 Å².